The van der Waals surface area contributed by atoms with Gasteiger partial charge in [0.25, 0.3) is 0 Å². The van der Waals surface area contributed by atoms with Crippen molar-refractivity contribution in [2.75, 3.05) is 26.7 Å². The first-order valence-corrected chi connectivity index (χ1v) is 10.8. The van der Waals surface area contributed by atoms with Crippen LogP contribution in [-0.4, -0.2) is 48.3 Å². The van der Waals surface area contributed by atoms with Gasteiger partial charge in [0.2, 0.25) is 5.91 Å². The minimum absolute atomic E-state index is 0. The molecule has 31 heavy (non-hydrogen) atoms. The number of nitrogens with zero attached hydrogens (tertiary/aromatic N) is 3. The lowest BCUT2D eigenvalue weighted by molar-refractivity contribution is -0.128. The van der Waals surface area contributed by atoms with Gasteiger partial charge in [-0.15, -0.1) is 24.0 Å². The van der Waals surface area contributed by atoms with Crippen molar-refractivity contribution in [1.29, 1.82) is 0 Å². The number of benzene rings is 2. The Morgan fingerprint density at radius 2 is 1.74 bits per heavy atom. The third-order valence-corrected chi connectivity index (χ3v) is 5.95. The number of nitrogens with one attached hydrogen (secondary N) is 1. The summed E-state index contributed by atoms with van der Waals surface area (Å²) in [5, 5.41) is 3.53. The van der Waals surface area contributed by atoms with Crippen molar-refractivity contribution >= 4 is 41.4 Å². The van der Waals surface area contributed by atoms with E-state index in [9.17, 15) is 4.79 Å². The van der Waals surface area contributed by atoms with Crippen molar-refractivity contribution in [2.24, 2.45) is 4.99 Å². The Bertz CT molecular complexity index is 942. The molecule has 0 unspecified atom stereocenters. The first-order valence-electron chi connectivity index (χ1n) is 10.8. The third-order valence-electron chi connectivity index (χ3n) is 5.95. The number of rotatable bonds is 5. The second kappa shape index (κ2) is 11.3. The summed E-state index contributed by atoms with van der Waals surface area (Å²) in [7, 11) is 1.84. The number of halogens is 1. The topological polar surface area (TPSA) is 47.9 Å². The average Bonchev–Trinajstić information content (AvgIpc) is 3.20. The van der Waals surface area contributed by atoms with Crippen molar-refractivity contribution in [3.8, 4) is 0 Å². The summed E-state index contributed by atoms with van der Waals surface area (Å²) in [5.41, 5.74) is 5.14. The van der Waals surface area contributed by atoms with Crippen molar-refractivity contribution < 1.29 is 4.79 Å². The molecule has 0 aromatic heterocycles. The fourth-order valence-electron chi connectivity index (χ4n) is 4.24. The molecule has 1 N–H and O–H groups in total. The monoisotopic (exact) mass is 530 g/mol. The number of aliphatic imine (C=N–C) groups is 1. The fourth-order valence-corrected chi connectivity index (χ4v) is 4.24. The third kappa shape index (κ3) is 5.87. The maximum Gasteiger partial charge on any atom is 0.222 e. The summed E-state index contributed by atoms with van der Waals surface area (Å²) in [6.07, 6.45) is 4.97. The van der Waals surface area contributed by atoms with E-state index in [1.54, 1.807) is 0 Å². The van der Waals surface area contributed by atoms with Crippen LogP contribution in [0.3, 0.4) is 0 Å². The van der Waals surface area contributed by atoms with Crippen LogP contribution in [0.2, 0.25) is 0 Å². The molecule has 1 amide bonds. The van der Waals surface area contributed by atoms with Crippen LogP contribution in [0.25, 0.3) is 5.57 Å². The van der Waals surface area contributed by atoms with E-state index in [-0.39, 0.29) is 29.9 Å². The molecule has 2 aliphatic rings. The minimum atomic E-state index is 0. The van der Waals surface area contributed by atoms with E-state index in [1.807, 2.05) is 11.9 Å². The van der Waals surface area contributed by atoms with Gasteiger partial charge in [-0.3, -0.25) is 9.79 Å². The van der Waals surface area contributed by atoms with Crippen LogP contribution in [0.5, 0.6) is 0 Å². The zero-order valence-corrected chi connectivity index (χ0v) is 20.4. The molecule has 5 nitrogen and oxygen atoms in total. The molecule has 2 aliphatic heterocycles. The van der Waals surface area contributed by atoms with Crippen LogP contribution in [-0.2, 0) is 17.9 Å². The first kappa shape index (κ1) is 23.3. The summed E-state index contributed by atoms with van der Waals surface area (Å²) >= 11 is 0. The van der Waals surface area contributed by atoms with Gasteiger partial charge in [-0.2, -0.15) is 0 Å². The second-order valence-electron chi connectivity index (χ2n) is 7.88. The van der Waals surface area contributed by atoms with Crippen molar-refractivity contribution in [2.45, 2.75) is 32.4 Å². The molecule has 1 fully saturated rings. The van der Waals surface area contributed by atoms with E-state index < -0.39 is 0 Å². The lowest BCUT2D eigenvalue weighted by atomic mass is 10.00. The highest BCUT2D eigenvalue weighted by molar-refractivity contribution is 14.0. The highest BCUT2D eigenvalue weighted by atomic mass is 127. The lowest BCUT2D eigenvalue weighted by Gasteiger charge is -2.30. The molecule has 2 heterocycles. The molecule has 1 saturated heterocycles. The van der Waals surface area contributed by atoms with Crippen molar-refractivity contribution in [1.82, 2.24) is 15.1 Å². The van der Waals surface area contributed by atoms with E-state index in [2.05, 4.69) is 75.9 Å². The second-order valence-corrected chi connectivity index (χ2v) is 7.88. The quantitative estimate of drug-likeness (QED) is 0.357. The largest absolute Gasteiger partial charge is 0.352 e. The van der Waals surface area contributed by atoms with Crippen LogP contribution in [0.4, 0.5) is 0 Å². The number of guanidine groups is 1. The van der Waals surface area contributed by atoms with E-state index >= 15 is 0 Å². The summed E-state index contributed by atoms with van der Waals surface area (Å²) in [6, 6.07) is 19.0. The maximum atomic E-state index is 12.0. The van der Waals surface area contributed by atoms with Crippen LogP contribution in [0.1, 0.15) is 36.0 Å². The minimum Gasteiger partial charge on any atom is -0.352 e. The molecule has 164 valence electrons. The van der Waals surface area contributed by atoms with Crippen molar-refractivity contribution in [3.63, 3.8) is 0 Å². The zero-order chi connectivity index (χ0) is 20.8. The van der Waals surface area contributed by atoms with Crippen LogP contribution >= 0.6 is 24.0 Å². The Morgan fingerprint density at radius 1 is 1.00 bits per heavy atom. The van der Waals surface area contributed by atoms with Gasteiger partial charge in [0.1, 0.15) is 0 Å². The van der Waals surface area contributed by atoms with Gasteiger partial charge in [-0.25, -0.2) is 0 Å². The summed E-state index contributed by atoms with van der Waals surface area (Å²) in [6.45, 7) is 4.07. The lowest BCUT2D eigenvalue weighted by Crippen LogP contribution is -2.43. The van der Waals surface area contributed by atoms with Gasteiger partial charge in [-0.1, -0.05) is 60.7 Å². The summed E-state index contributed by atoms with van der Waals surface area (Å²) < 4.78 is 0. The van der Waals surface area contributed by atoms with Gasteiger partial charge in [0.05, 0.1) is 0 Å². The molecule has 0 spiro atoms. The normalized spacial score (nSPS) is 16.7. The van der Waals surface area contributed by atoms with Gasteiger partial charge >= 0.3 is 0 Å². The van der Waals surface area contributed by atoms with Crippen LogP contribution in [0.15, 0.2) is 65.7 Å². The average molecular weight is 530 g/mol. The molecular weight excluding hydrogens is 499 g/mol. The highest BCUT2D eigenvalue weighted by Crippen LogP contribution is 2.22. The van der Waals surface area contributed by atoms with Gasteiger partial charge in [0, 0.05) is 46.2 Å². The smallest absolute Gasteiger partial charge is 0.222 e. The number of amides is 1. The molecule has 0 aliphatic carbocycles. The predicted molar refractivity (Wildman–Crippen MR) is 137 cm³/mol. The summed E-state index contributed by atoms with van der Waals surface area (Å²) in [5.74, 6) is 1.19. The molecule has 0 radical (unpaired) electrons. The molecule has 0 atom stereocenters. The van der Waals surface area contributed by atoms with Gasteiger partial charge in [-0.05, 0) is 35.1 Å². The molecule has 4 rings (SSSR count). The molecule has 0 saturated carbocycles. The van der Waals surface area contributed by atoms with E-state index in [0.717, 1.165) is 38.4 Å². The number of carbonyl (C=O) groups excluding carboxylic acids is 1. The van der Waals surface area contributed by atoms with Crippen LogP contribution < -0.4 is 5.32 Å². The van der Waals surface area contributed by atoms with Crippen LogP contribution in [0, 0.1) is 0 Å². The molecular formula is C25H31IN4O. The summed E-state index contributed by atoms with van der Waals surface area (Å²) in [4.78, 5) is 20.8. The van der Waals surface area contributed by atoms with E-state index in [4.69, 9.17) is 0 Å². The van der Waals surface area contributed by atoms with E-state index in [0.29, 0.717) is 19.5 Å². The fraction of sp³-hybridized carbons (Fsp3) is 0.360. The highest BCUT2D eigenvalue weighted by Gasteiger charge is 2.21. The Kier molecular flexibility index (Phi) is 8.51. The van der Waals surface area contributed by atoms with Gasteiger partial charge < -0.3 is 15.1 Å². The zero-order valence-electron chi connectivity index (χ0n) is 18.1. The molecule has 6 heteroatoms. The SMILES string of the molecule is CN=C(NCc1ccccc1CN1CCCC1=O)N1CC=C(c2ccccc2)CC1.I. The Balaban J connectivity index is 0.00000272. The first-order chi connectivity index (χ1) is 14.7. The van der Waals surface area contributed by atoms with Gasteiger partial charge in [0.15, 0.2) is 5.96 Å². The number of hydrogen-bond donors (Lipinski definition) is 1. The molecule has 2 aromatic rings. The Morgan fingerprint density at radius 3 is 2.39 bits per heavy atom. The maximum absolute atomic E-state index is 12.0. The molecule has 0 bridgehead atoms. The Labute approximate surface area is 202 Å². The standard InChI is InChI=1S/C25H30N4O.HI/c1-26-25(28-16-13-21(14-17-28)20-8-3-2-4-9-20)27-18-22-10-5-6-11-23(22)19-29-15-7-12-24(29)30;/h2-6,8-11,13H,7,12,14-19H2,1H3,(H,26,27);1H. The number of hydrogen-bond acceptors (Lipinski definition) is 2. The predicted octanol–water partition coefficient (Wildman–Crippen LogP) is 4.29. The van der Waals surface area contributed by atoms with E-state index in [1.165, 1.54) is 22.3 Å². The number of carbonyl (C=O) groups is 1. The van der Waals surface area contributed by atoms with Crippen molar-refractivity contribution in [3.05, 3.63) is 77.4 Å². The molecule has 2 aromatic carbocycles. The Hall–Kier alpha value is -2.35. The number of likely N-dealkylation sites (tertiary alicyclic amines) is 1.